The normalized spacial score (nSPS) is 18.0. The van der Waals surface area contributed by atoms with Crippen LogP contribution in [0.5, 0.6) is 0 Å². The molecule has 1 saturated heterocycles. The Labute approximate surface area is 174 Å². The van der Waals surface area contributed by atoms with Crippen LogP contribution in [0.25, 0.3) is 0 Å². The predicted octanol–water partition coefficient (Wildman–Crippen LogP) is 3.59. The first-order valence-electron chi connectivity index (χ1n) is 9.75. The maximum Gasteiger partial charge on any atom is 0.275 e. The standard InChI is InChI=1S/C20H23ClFN3O3S/c1-23-13-16(29(27,28)24-7-3-2-4-8-24)12-18(23)20(26)25-9-5-6-14-10-15(21)11-17(22)19(14)25/h10-13H,2-9H2,1H3. The van der Waals surface area contributed by atoms with Crippen molar-refractivity contribution in [3.8, 4) is 0 Å². The summed E-state index contributed by atoms with van der Waals surface area (Å²) in [6.45, 7) is 1.35. The molecule has 0 radical (unpaired) electrons. The number of carbonyl (C=O) groups is 1. The summed E-state index contributed by atoms with van der Waals surface area (Å²) in [6, 6.07) is 4.27. The molecule has 2 aliphatic rings. The largest absolute Gasteiger partial charge is 0.345 e. The van der Waals surface area contributed by atoms with Crippen molar-refractivity contribution in [2.24, 2.45) is 7.05 Å². The average Bonchev–Trinajstić information content (AvgIpc) is 3.10. The number of nitrogens with zero attached hydrogens (tertiary/aromatic N) is 3. The zero-order chi connectivity index (χ0) is 20.8. The fourth-order valence-electron chi connectivity index (χ4n) is 4.14. The molecule has 0 bridgehead atoms. The van der Waals surface area contributed by atoms with E-state index in [9.17, 15) is 17.6 Å². The fraction of sp³-hybridized carbons (Fsp3) is 0.450. The Morgan fingerprint density at radius 3 is 2.52 bits per heavy atom. The minimum atomic E-state index is -3.65. The van der Waals surface area contributed by atoms with Crippen LogP contribution in [0.15, 0.2) is 29.3 Å². The van der Waals surface area contributed by atoms with Crippen LogP contribution in [0.2, 0.25) is 5.02 Å². The highest BCUT2D eigenvalue weighted by molar-refractivity contribution is 7.89. The molecule has 2 aliphatic heterocycles. The van der Waals surface area contributed by atoms with Gasteiger partial charge in [0.1, 0.15) is 16.4 Å². The van der Waals surface area contributed by atoms with Crippen molar-refractivity contribution < 1.29 is 17.6 Å². The van der Waals surface area contributed by atoms with E-state index in [-0.39, 0.29) is 16.3 Å². The van der Waals surface area contributed by atoms with Crippen LogP contribution in [0.4, 0.5) is 10.1 Å². The molecule has 0 atom stereocenters. The first-order valence-corrected chi connectivity index (χ1v) is 11.6. The van der Waals surface area contributed by atoms with Gasteiger partial charge in [0.15, 0.2) is 0 Å². The van der Waals surface area contributed by atoms with Crippen LogP contribution < -0.4 is 4.90 Å². The van der Waals surface area contributed by atoms with Crippen molar-refractivity contribution in [3.05, 3.63) is 46.5 Å². The third-order valence-electron chi connectivity index (χ3n) is 5.60. The topological polar surface area (TPSA) is 62.6 Å². The molecule has 1 aromatic carbocycles. The number of aryl methyl sites for hydroxylation is 2. The van der Waals surface area contributed by atoms with Gasteiger partial charge in [0.05, 0.1) is 5.69 Å². The summed E-state index contributed by atoms with van der Waals surface area (Å²) in [5.41, 5.74) is 1.13. The maximum atomic E-state index is 14.6. The summed E-state index contributed by atoms with van der Waals surface area (Å²) in [5, 5.41) is 0.296. The van der Waals surface area contributed by atoms with Crippen LogP contribution in [-0.2, 0) is 23.5 Å². The molecule has 29 heavy (non-hydrogen) atoms. The second-order valence-electron chi connectivity index (χ2n) is 7.59. The molecule has 0 unspecified atom stereocenters. The number of rotatable bonds is 3. The summed E-state index contributed by atoms with van der Waals surface area (Å²) in [7, 11) is -2.02. The molecule has 6 nitrogen and oxygen atoms in total. The minimum absolute atomic E-state index is 0.0964. The second kappa shape index (κ2) is 7.74. The summed E-state index contributed by atoms with van der Waals surface area (Å²) >= 11 is 5.96. The highest BCUT2D eigenvalue weighted by Crippen LogP contribution is 2.34. The molecule has 1 fully saturated rings. The van der Waals surface area contributed by atoms with Gasteiger partial charge in [0.2, 0.25) is 10.0 Å². The predicted molar refractivity (Wildman–Crippen MR) is 109 cm³/mol. The molecular weight excluding hydrogens is 417 g/mol. The molecule has 3 heterocycles. The Morgan fingerprint density at radius 1 is 1.07 bits per heavy atom. The summed E-state index contributed by atoms with van der Waals surface area (Å²) in [6.07, 6.45) is 5.48. The molecule has 156 valence electrons. The Hall–Kier alpha value is -1.90. The lowest BCUT2D eigenvalue weighted by atomic mass is 10.0. The second-order valence-corrected chi connectivity index (χ2v) is 9.97. The average molecular weight is 440 g/mol. The van der Waals surface area contributed by atoms with E-state index in [1.54, 1.807) is 13.1 Å². The van der Waals surface area contributed by atoms with Gasteiger partial charge in [-0.25, -0.2) is 12.8 Å². The summed E-state index contributed by atoms with van der Waals surface area (Å²) in [4.78, 5) is 14.7. The minimum Gasteiger partial charge on any atom is -0.345 e. The number of amides is 1. The molecule has 1 amide bonds. The first-order chi connectivity index (χ1) is 13.8. The number of hydrogen-bond acceptors (Lipinski definition) is 3. The molecule has 0 aliphatic carbocycles. The molecule has 0 saturated carbocycles. The van der Waals surface area contributed by atoms with Gasteiger partial charge in [-0.3, -0.25) is 4.79 Å². The van der Waals surface area contributed by atoms with Gasteiger partial charge in [-0.15, -0.1) is 0 Å². The van der Waals surface area contributed by atoms with Gasteiger partial charge >= 0.3 is 0 Å². The molecule has 4 rings (SSSR count). The van der Waals surface area contributed by atoms with E-state index in [1.165, 1.54) is 32.1 Å². The smallest absolute Gasteiger partial charge is 0.275 e. The molecule has 0 spiro atoms. The molecule has 2 aromatic rings. The number of aromatic nitrogens is 1. The number of piperidine rings is 1. The number of halogens is 2. The quantitative estimate of drug-likeness (QED) is 0.734. The van der Waals surface area contributed by atoms with Crippen molar-refractivity contribution in [2.45, 2.75) is 37.0 Å². The van der Waals surface area contributed by atoms with E-state index in [0.29, 0.717) is 43.1 Å². The molecule has 9 heteroatoms. The summed E-state index contributed by atoms with van der Waals surface area (Å²) in [5.74, 6) is -0.967. The lowest BCUT2D eigenvalue weighted by Gasteiger charge is -2.30. The molecule has 0 N–H and O–H groups in total. The Morgan fingerprint density at radius 2 is 1.79 bits per heavy atom. The van der Waals surface area contributed by atoms with Crippen LogP contribution in [0.3, 0.4) is 0 Å². The summed E-state index contributed by atoms with van der Waals surface area (Å²) < 4.78 is 43.5. The number of sulfonamides is 1. The van der Waals surface area contributed by atoms with Crippen LogP contribution >= 0.6 is 11.6 Å². The first kappa shape index (κ1) is 20.4. The molecular formula is C20H23ClFN3O3S. The fourth-order valence-corrected chi connectivity index (χ4v) is 5.95. The van der Waals surface area contributed by atoms with Crippen LogP contribution in [-0.4, -0.2) is 42.8 Å². The van der Waals surface area contributed by atoms with Gasteiger partial charge in [0.25, 0.3) is 5.91 Å². The van der Waals surface area contributed by atoms with Gasteiger partial charge in [-0.1, -0.05) is 18.0 Å². The van der Waals surface area contributed by atoms with E-state index in [0.717, 1.165) is 19.3 Å². The number of anilines is 1. The lowest BCUT2D eigenvalue weighted by Crippen LogP contribution is -2.37. The number of benzene rings is 1. The highest BCUT2D eigenvalue weighted by atomic mass is 35.5. The van der Waals surface area contributed by atoms with E-state index in [1.807, 2.05) is 0 Å². The van der Waals surface area contributed by atoms with Crippen LogP contribution in [0, 0.1) is 5.82 Å². The zero-order valence-corrected chi connectivity index (χ0v) is 17.8. The number of hydrogen-bond donors (Lipinski definition) is 0. The van der Waals surface area contributed by atoms with E-state index >= 15 is 0 Å². The number of fused-ring (bicyclic) bond motifs is 1. The Balaban J connectivity index is 1.68. The Kier molecular flexibility index (Phi) is 5.44. The SMILES string of the molecule is Cn1cc(S(=O)(=O)N2CCCCC2)cc1C(=O)N1CCCc2cc(Cl)cc(F)c21. The van der Waals surface area contributed by atoms with Crippen molar-refractivity contribution in [3.63, 3.8) is 0 Å². The van der Waals surface area contributed by atoms with Gasteiger partial charge in [-0.2, -0.15) is 4.31 Å². The Bertz CT molecular complexity index is 1060. The number of carbonyl (C=O) groups excluding carboxylic acids is 1. The van der Waals surface area contributed by atoms with Crippen molar-refractivity contribution in [1.82, 2.24) is 8.87 Å². The molecule has 1 aromatic heterocycles. The van der Waals surface area contributed by atoms with Crippen LogP contribution in [0.1, 0.15) is 41.7 Å². The van der Waals surface area contributed by atoms with Crippen molar-refractivity contribution >= 4 is 33.2 Å². The van der Waals surface area contributed by atoms with Crippen molar-refractivity contribution in [1.29, 1.82) is 0 Å². The van der Waals surface area contributed by atoms with E-state index < -0.39 is 21.7 Å². The van der Waals surface area contributed by atoms with E-state index in [4.69, 9.17) is 11.6 Å². The third kappa shape index (κ3) is 3.69. The van der Waals surface area contributed by atoms with Gasteiger partial charge in [0, 0.05) is 37.9 Å². The monoisotopic (exact) mass is 439 g/mol. The van der Waals surface area contributed by atoms with Crippen molar-refractivity contribution in [2.75, 3.05) is 24.5 Å². The maximum absolute atomic E-state index is 14.6. The van der Waals surface area contributed by atoms with E-state index in [2.05, 4.69) is 0 Å². The zero-order valence-electron chi connectivity index (χ0n) is 16.2. The van der Waals surface area contributed by atoms with Gasteiger partial charge in [-0.05, 0) is 49.4 Å². The highest BCUT2D eigenvalue weighted by Gasteiger charge is 2.32. The lowest BCUT2D eigenvalue weighted by molar-refractivity contribution is 0.0976. The third-order valence-corrected chi connectivity index (χ3v) is 7.68. The van der Waals surface area contributed by atoms with Gasteiger partial charge < -0.3 is 9.47 Å².